The Hall–Kier alpha value is -2.41. The van der Waals surface area contributed by atoms with Crippen molar-refractivity contribution in [2.75, 3.05) is 11.9 Å². The van der Waals surface area contributed by atoms with Gasteiger partial charge < -0.3 is 4.90 Å². The van der Waals surface area contributed by atoms with Crippen LogP contribution >= 0.6 is 0 Å². The molecule has 4 heteroatoms. The summed E-state index contributed by atoms with van der Waals surface area (Å²) in [7, 11) is 1.92. The van der Waals surface area contributed by atoms with E-state index >= 15 is 0 Å². The minimum Gasteiger partial charge on any atom is -0.350 e. The molecule has 0 radical (unpaired) electrons. The standard InChI is InChI=1S/C14H14N4/c1-11(13-7-3-4-8-16-13)18(2)14-12(10-15)6-5-9-17-14/h3-9,11H,1-2H3. The highest BCUT2D eigenvalue weighted by Gasteiger charge is 2.16. The zero-order valence-electron chi connectivity index (χ0n) is 10.4. The van der Waals surface area contributed by atoms with Gasteiger partial charge in [0, 0.05) is 19.4 Å². The van der Waals surface area contributed by atoms with E-state index in [1.807, 2.05) is 37.1 Å². The predicted molar refractivity (Wildman–Crippen MR) is 70.0 cm³/mol. The molecule has 0 spiro atoms. The highest BCUT2D eigenvalue weighted by Crippen LogP contribution is 2.24. The van der Waals surface area contributed by atoms with Gasteiger partial charge >= 0.3 is 0 Å². The van der Waals surface area contributed by atoms with E-state index in [9.17, 15) is 0 Å². The first-order valence-corrected chi connectivity index (χ1v) is 5.73. The summed E-state index contributed by atoms with van der Waals surface area (Å²) in [5.41, 5.74) is 1.53. The van der Waals surface area contributed by atoms with Crippen LogP contribution in [-0.4, -0.2) is 17.0 Å². The van der Waals surface area contributed by atoms with Crippen molar-refractivity contribution >= 4 is 5.82 Å². The van der Waals surface area contributed by atoms with E-state index in [1.54, 1.807) is 24.5 Å². The maximum absolute atomic E-state index is 9.09. The summed E-state index contributed by atoms with van der Waals surface area (Å²) >= 11 is 0. The van der Waals surface area contributed by atoms with Crippen molar-refractivity contribution < 1.29 is 0 Å². The number of hydrogen-bond acceptors (Lipinski definition) is 4. The molecule has 4 nitrogen and oxygen atoms in total. The molecule has 2 aromatic heterocycles. The van der Waals surface area contributed by atoms with Crippen molar-refractivity contribution in [1.82, 2.24) is 9.97 Å². The van der Waals surface area contributed by atoms with Gasteiger partial charge in [-0.1, -0.05) is 6.07 Å². The number of hydrogen-bond donors (Lipinski definition) is 0. The first-order valence-electron chi connectivity index (χ1n) is 5.73. The van der Waals surface area contributed by atoms with E-state index in [-0.39, 0.29) is 6.04 Å². The Balaban J connectivity index is 2.32. The van der Waals surface area contributed by atoms with Gasteiger partial charge in [0.15, 0.2) is 0 Å². The van der Waals surface area contributed by atoms with Crippen LogP contribution in [0, 0.1) is 11.3 Å². The molecule has 0 aliphatic carbocycles. The van der Waals surface area contributed by atoms with Crippen molar-refractivity contribution in [3.63, 3.8) is 0 Å². The molecule has 0 bridgehead atoms. The Morgan fingerprint density at radius 3 is 2.61 bits per heavy atom. The van der Waals surface area contributed by atoms with E-state index in [1.165, 1.54) is 0 Å². The molecule has 1 unspecified atom stereocenters. The molecule has 90 valence electrons. The summed E-state index contributed by atoms with van der Waals surface area (Å²) in [4.78, 5) is 10.6. The Morgan fingerprint density at radius 2 is 1.94 bits per heavy atom. The zero-order chi connectivity index (χ0) is 13.0. The van der Waals surface area contributed by atoms with E-state index in [4.69, 9.17) is 5.26 Å². The quantitative estimate of drug-likeness (QED) is 0.824. The summed E-state index contributed by atoms with van der Waals surface area (Å²) in [6.45, 7) is 2.04. The smallest absolute Gasteiger partial charge is 0.146 e. The second-order valence-electron chi connectivity index (χ2n) is 4.03. The molecule has 0 aliphatic rings. The normalized spacial score (nSPS) is 11.6. The summed E-state index contributed by atoms with van der Waals surface area (Å²) in [5, 5.41) is 9.09. The number of nitriles is 1. The molecule has 1 atom stereocenters. The van der Waals surface area contributed by atoms with Crippen molar-refractivity contribution in [2.24, 2.45) is 0 Å². The molecule has 2 aromatic rings. The lowest BCUT2D eigenvalue weighted by Crippen LogP contribution is -2.24. The molecular formula is C14H14N4. The monoisotopic (exact) mass is 238 g/mol. The maximum Gasteiger partial charge on any atom is 0.146 e. The lowest BCUT2D eigenvalue weighted by Gasteiger charge is -2.26. The van der Waals surface area contributed by atoms with Crippen LogP contribution in [0.25, 0.3) is 0 Å². The molecule has 0 saturated heterocycles. The van der Waals surface area contributed by atoms with E-state index in [2.05, 4.69) is 16.0 Å². The number of pyridine rings is 2. The van der Waals surface area contributed by atoms with Gasteiger partial charge in [-0.05, 0) is 31.2 Å². The van der Waals surface area contributed by atoms with Gasteiger partial charge in [0.2, 0.25) is 0 Å². The maximum atomic E-state index is 9.09. The molecule has 2 rings (SSSR count). The fourth-order valence-corrected chi connectivity index (χ4v) is 1.77. The molecule has 0 saturated carbocycles. The average Bonchev–Trinajstić information content (AvgIpc) is 2.46. The van der Waals surface area contributed by atoms with Crippen LogP contribution in [0.4, 0.5) is 5.82 Å². The van der Waals surface area contributed by atoms with Gasteiger partial charge in [-0.15, -0.1) is 0 Å². The van der Waals surface area contributed by atoms with Crippen LogP contribution in [0.5, 0.6) is 0 Å². The van der Waals surface area contributed by atoms with Crippen LogP contribution in [0.2, 0.25) is 0 Å². The first kappa shape index (κ1) is 12.1. The molecule has 2 heterocycles. The molecule has 0 aromatic carbocycles. The Morgan fingerprint density at radius 1 is 1.17 bits per heavy atom. The lowest BCUT2D eigenvalue weighted by atomic mass is 10.1. The molecule has 0 amide bonds. The van der Waals surface area contributed by atoms with Gasteiger partial charge in [-0.2, -0.15) is 5.26 Å². The molecule has 0 N–H and O–H groups in total. The fraction of sp³-hybridized carbons (Fsp3) is 0.214. The first-order chi connectivity index (χ1) is 8.74. The summed E-state index contributed by atoms with van der Waals surface area (Å²) in [5.74, 6) is 0.679. The van der Waals surface area contributed by atoms with Gasteiger partial charge in [-0.3, -0.25) is 4.98 Å². The second-order valence-corrected chi connectivity index (χ2v) is 4.03. The molecule has 0 aliphatic heterocycles. The van der Waals surface area contributed by atoms with Crippen LogP contribution < -0.4 is 4.90 Å². The van der Waals surface area contributed by atoms with Crippen LogP contribution in [-0.2, 0) is 0 Å². The third-order valence-electron chi connectivity index (χ3n) is 2.94. The number of rotatable bonds is 3. The third kappa shape index (κ3) is 2.30. The van der Waals surface area contributed by atoms with Crippen molar-refractivity contribution in [3.05, 3.63) is 54.0 Å². The second kappa shape index (κ2) is 5.28. The van der Waals surface area contributed by atoms with Crippen LogP contribution in [0.3, 0.4) is 0 Å². The third-order valence-corrected chi connectivity index (χ3v) is 2.94. The largest absolute Gasteiger partial charge is 0.350 e. The molecular weight excluding hydrogens is 224 g/mol. The highest BCUT2D eigenvalue weighted by atomic mass is 15.2. The van der Waals surface area contributed by atoms with Crippen molar-refractivity contribution in [1.29, 1.82) is 5.26 Å². The Kier molecular flexibility index (Phi) is 3.54. The van der Waals surface area contributed by atoms with Gasteiger partial charge in [-0.25, -0.2) is 4.98 Å². The lowest BCUT2D eigenvalue weighted by molar-refractivity contribution is 0.704. The van der Waals surface area contributed by atoms with Gasteiger partial charge in [0.05, 0.1) is 17.3 Å². The average molecular weight is 238 g/mol. The van der Waals surface area contributed by atoms with Crippen molar-refractivity contribution in [2.45, 2.75) is 13.0 Å². The minimum absolute atomic E-state index is 0.0631. The Labute approximate surface area is 107 Å². The molecule has 0 fully saturated rings. The summed E-state index contributed by atoms with van der Waals surface area (Å²) in [6, 6.07) is 11.6. The SMILES string of the molecule is CC(c1ccccn1)N(C)c1ncccc1C#N. The minimum atomic E-state index is 0.0631. The predicted octanol–water partition coefficient (Wildman–Crippen LogP) is 2.55. The highest BCUT2D eigenvalue weighted by molar-refractivity contribution is 5.53. The van der Waals surface area contributed by atoms with E-state index in [0.29, 0.717) is 11.4 Å². The van der Waals surface area contributed by atoms with E-state index < -0.39 is 0 Å². The number of anilines is 1. The van der Waals surface area contributed by atoms with Gasteiger partial charge in [0.25, 0.3) is 0 Å². The molecule has 18 heavy (non-hydrogen) atoms. The zero-order valence-corrected chi connectivity index (χ0v) is 10.4. The topological polar surface area (TPSA) is 52.8 Å². The number of nitrogens with zero attached hydrogens (tertiary/aromatic N) is 4. The van der Waals surface area contributed by atoms with Gasteiger partial charge in [0.1, 0.15) is 11.9 Å². The van der Waals surface area contributed by atoms with Crippen LogP contribution in [0.1, 0.15) is 24.2 Å². The van der Waals surface area contributed by atoms with Crippen LogP contribution in [0.15, 0.2) is 42.7 Å². The Bertz CT molecular complexity index is 560. The van der Waals surface area contributed by atoms with E-state index in [0.717, 1.165) is 5.69 Å². The number of aromatic nitrogens is 2. The summed E-state index contributed by atoms with van der Waals surface area (Å²) < 4.78 is 0. The fourth-order valence-electron chi connectivity index (χ4n) is 1.77. The summed E-state index contributed by atoms with van der Waals surface area (Å²) in [6.07, 6.45) is 3.46. The van der Waals surface area contributed by atoms with Crippen molar-refractivity contribution in [3.8, 4) is 6.07 Å².